The number of aromatic nitrogens is 3. The number of rotatable bonds is 5. The number of aryl methyl sites for hydroxylation is 2. The molecule has 0 spiro atoms. The van der Waals surface area contributed by atoms with Crippen molar-refractivity contribution in [3.63, 3.8) is 0 Å². The fourth-order valence-corrected chi connectivity index (χ4v) is 4.29. The zero-order valence-corrected chi connectivity index (χ0v) is 21.7. The van der Waals surface area contributed by atoms with Gasteiger partial charge in [-0.1, -0.05) is 0 Å². The number of halogens is 1. The molecule has 1 N–H and O–H groups in total. The molecule has 2 saturated heterocycles. The average molecular weight is 554 g/mol. The fraction of sp³-hybridized carbons (Fsp3) is 0.636. The van der Waals surface area contributed by atoms with Gasteiger partial charge in [0.1, 0.15) is 5.76 Å². The Morgan fingerprint density at radius 3 is 2.38 bits per heavy atom. The van der Waals surface area contributed by atoms with Crippen LogP contribution >= 0.6 is 24.0 Å². The molecule has 0 unspecified atom stereocenters. The predicted octanol–water partition coefficient (Wildman–Crippen LogP) is 2.31. The van der Waals surface area contributed by atoms with Crippen molar-refractivity contribution in [3.8, 4) is 0 Å². The average Bonchev–Trinajstić information content (AvgIpc) is 3.13. The third-order valence-electron chi connectivity index (χ3n) is 6.31. The molecule has 10 heteroatoms. The Morgan fingerprint density at radius 2 is 1.78 bits per heavy atom. The molecule has 2 aliphatic rings. The van der Waals surface area contributed by atoms with Crippen LogP contribution in [0.2, 0.25) is 0 Å². The molecule has 2 aromatic rings. The van der Waals surface area contributed by atoms with E-state index in [1.165, 1.54) is 12.8 Å². The van der Waals surface area contributed by atoms with Gasteiger partial charge in [-0.15, -0.1) is 24.0 Å². The summed E-state index contributed by atoms with van der Waals surface area (Å²) in [4.78, 5) is 24.8. The number of anilines is 1. The van der Waals surface area contributed by atoms with Gasteiger partial charge in [0, 0.05) is 52.2 Å². The van der Waals surface area contributed by atoms with Gasteiger partial charge in [0.25, 0.3) is 0 Å². The van der Waals surface area contributed by atoms with E-state index >= 15 is 0 Å². The van der Waals surface area contributed by atoms with Gasteiger partial charge in [-0.05, 0) is 51.8 Å². The van der Waals surface area contributed by atoms with E-state index in [1.807, 2.05) is 27.0 Å². The Hall–Kier alpha value is -1.95. The van der Waals surface area contributed by atoms with Crippen molar-refractivity contribution in [1.82, 2.24) is 30.1 Å². The van der Waals surface area contributed by atoms with Gasteiger partial charge in [0.05, 0.1) is 12.2 Å². The van der Waals surface area contributed by atoms with Gasteiger partial charge in [0.15, 0.2) is 5.96 Å². The van der Waals surface area contributed by atoms with Crippen molar-refractivity contribution < 1.29 is 4.42 Å². The van der Waals surface area contributed by atoms with E-state index in [9.17, 15) is 0 Å². The zero-order valence-electron chi connectivity index (χ0n) is 19.3. The van der Waals surface area contributed by atoms with Gasteiger partial charge < -0.3 is 19.5 Å². The number of aliphatic imine (C=N–C) groups is 1. The van der Waals surface area contributed by atoms with Crippen molar-refractivity contribution in [2.75, 3.05) is 57.8 Å². The highest BCUT2D eigenvalue weighted by Crippen LogP contribution is 2.19. The molecule has 2 fully saturated rings. The van der Waals surface area contributed by atoms with E-state index in [2.05, 4.69) is 40.0 Å². The standard InChI is InChI=1S/C22H34N8O.HI/c1-17-18(2)31-20(27-17)16-28-9-5-19(6-10-28)15-26-21(23-3)29-11-13-30(14-12-29)22-24-7-4-8-25-22;/h4,7-8,19H,5-6,9-16H2,1-3H3,(H,23,26);1H. The normalized spacial score (nSPS) is 18.5. The van der Waals surface area contributed by atoms with Crippen molar-refractivity contribution in [2.24, 2.45) is 10.9 Å². The van der Waals surface area contributed by atoms with Crippen LogP contribution in [0.4, 0.5) is 5.95 Å². The molecular formula is C22H35IN8O. The van der Waals surface area contributed by atoms with Gasteiger partial charge in [0.2, 0.25) is 11.8 Å². The van der Waals surface area contributed by atoms with E-state index in [0.29, 0.717) is 5.92 Å². The number of guanidine groups is 1. The first-order chi connectivity index (χ1) is 15.1. The lowest BCUT2D eigenvalue weighted by molar-refractivity contribution is 0.163. The van der Waals surface area contributed by atoms with Crippen molar-refractivity contribution in [3.05, 3.63) is 35.8 Å². The second-order valence-electron chi connectivity index (χ2n) is 8.42. The zero-order chi connectivity index (χ0) is 21.6. The largest absolute Gasteiger partial charge is 0.444 e. The highest BCUT2D eigenvalue weighted by Gasteiger charge is 2.24. The maximum Gasteiger partial charge on any atom is 0.225 e. The van der Waals surface area contributed by atoms with Crippen LogP contribution < -0.4 is 10.2 Å². The van der Waals surface area contributed by atoms with Crippen molar-refractivity contribution in [1.29, 1.82) is 0 Å². The summed E-state index contributed by atoms with van der Waals surface area (Å²) in [6.07, 6.45) is 5.96. The highest BCUT2D eigenvalue weighted by atomic mass is 127. The van der Waals surface area contributed by atoms with E-state index in [0.717, 1.165) is 81.6 Å². The first-order valence-electron chi connectivity index (χ1n) is 11.2. The molecule has 0 aromatic carbocycles. The molecule has 176 valence electrons. The molecule has 0 aliphatic carbocycles. The van der Waals surface area contributed by atoms with E-state index in [4.69, 9.17) is 4.42 Å². The first-order valence-corrected chi connectivity index (χ1v) is 11.2. The lowest BCUT2D eigenvalue weighted by Crippen LogP contribution is -2.53. The topological polar surface area (TPSA) is 85.9 Å². The summed E-state index contributed by atoms with van der Waals surface area (Å²) in [7, 11) is 1.87. The summed E-state index contributed by atoms with van der Waals surface area (Å²) >= 11 is 0. The summed E-state index contributed by atoms with van der Waals surface area (Å²) < 4.78 is 5.74. The molecule has 0 saturated carbocycles. The number of nitrogens with zero attached hydrogens (tertiary/aromatic N) is 7. The second kappa shape index (κ2) is 11.8. The van der Waals surface area contributed by atoms with Crippen LogP contribution in [-0.4, -0.2) is 83.6 Å². The van der Waals surface area contributed by atoms with Crippen LogP contribution in [0.5, 0.6) is 0 Å². The Bertz CT molecular complexity index is 839. The number of likely N-dealkylation sites (tertiary alicyclic amines) is 1. The molecular weight excluding hydrogens is 519 g/mol. The minimum atomic E-state index is 0. The Morgan fingerprint density at radius 1 is 1.09 bits per heavy atom. The number of hydrogen-bond acceptors (Lipinski definition) is 7. The summed E-state index contributed by atoms with van der Waals surface area (Å²) in [5.41, 5.74) is 0.998. The third-order valence-corrected chi connectivity index (χ3v) is 6.31. The van der Waals surface area contributed by atoms with Crippen LogP contribution in [0, 0.1) is 19.8 Å². The van der Waals surface area contributed by atoms with Crippen molar-refractivity contribution >= 4 is 35.9 Å². The van der Waals surface area contributed by atoms with E-state index in [1.54, 1.807) is 12.4 Å². The van der Waals surface area contributed by atoms with Crippen LogP contribution in [0.1, 0.15) is 30.2 Å². The van der Waals surface area contributed by atoms with E-state index < -0.39 is 0 Å². The summed E-state index contributed by atoms with van der Waals surface area (Å²) in [5.74, 6) is 4.25. The number of nitrogens with one attached hydrogen (secondary N) is 1. The predicted molar refractivity (Wildman–Crippen MR) is 137 cm³/mol. The second-order valence-corrected chi connectivity index (χ2v) is 8.42. The van der Waals surface area contributed by atoms with Gasteiger partial charge in [-0.2, -0.15) is 0 Å². The van der Waals surface area contributed by atoms with Gasteiger partial charge >= 0.3 is 0 Å². The lowest BCUT2D eigenvalue weighted by Gasteiger charge is -2.37. The molecule has 0 bridgehead atoms. The number of piperazine rings is 1. The summed E-state index contributed by atoms with van der Waals surface area (Å²) in [6, 6.07) is 1.85. The third kappa shape index (κ3) is 6.31. The lowest BCUT2D eigenvalue weighted by atomic mass is 9.97. The quantitative estimate of drug-likeness (QED) is 0.343. The summed E-state index contributed by atoms with van der Waals surface area (Å²) in [5, 5.41) is 3.62. The monoisotopic (exact) mass is 554 g/mol. The van der Waals surface area contributed by atoms with E-state index in [-0.39, 0.29) is 24.0 Å². The number of piperidine rings is 1. The molecule has 0 atom stereocenters. The van der Waals surface area contributed by atoms with Crippen LogP contribution in [0.3, 0.4) is 0 Å². The molecule has 0 radical (unpaired) electrons. The Balaban J connectivity index is 0.00000289. The minimum absolute atomic E-state index is 0. The van der Waals surface area contributed by atoms with Crippen molar-refractivity contribution in [2.45, 2.75) is 33.2 Å². The molecule has 2 aromatic heterocycles. The molecule has 2 aliphatic heterocycles. The minimum Gasteiger partial charge on any atom is -0.444 e. The molecule has 4 heterocycles. The Kier molecular flexibility index (Phi) is 9.09. The van der Waals surface area contributed by atoms with Crippen LogP contribution in [0.25, 0.3) is 0 Å². The highest BCUT2D eigenvalue weighted by molar-refractivity contribution is 14.0. The van der Waals surface area contributed by atoms with Gasteiger partial charge in [-0.3, -0.25) is 9.89 Å². The SMILES string of the molecule is CN=C(NCC1CCN(Cc2nc(C)c(C)o2)CC1)N1CCN(c2ncccn2)CC1.I. The first kappa shape index (κ1) is 24.7. The van der Waals surface area contributed by atoms with Crippen LogP contribution in [0.15, 0.2) is 27.9 Å². The molecule has 4 rings (SSSR count). The smallest absolute Gasteiger partial charge is 0.225 e. The summed E-state index contributed by atoms with van der Waals surface area (Å²) in [6.45, 7) is 11.6. The number of hydrogen-bond donors (Lipinski definition) is 1. The van der Waals surface area contributed by atoms with Gasteiger partial charge in [-0.25, -0.2) is 15.0 Å². The molecule has 0 amide bonds. The maximum absolute atomic E-state index is 5.74. The molecule has 9 nitrogen and oxygen atoms in total. The fourth-order valence-electron chi connectivity index (χ4n) is 4.29. The number of oxazole rings is 1. The molecule has 32 heavy (non-hydrogen) atoms. The maximum atomic E-state index is 5.74. The Labute approximate surface area is 207 Å². The van der Waals surface area contributed by atoms with Crippen LogP contribution in [-0.2, 0) is 6.54 Å².